The number of benzene rings is 1. The second kappa shape index (κ2) is 6.69. The van der Waals surface area contributed by atoms with Crippen molar-refractivity contribution in [3.8, 4) is 5.75 Å². The molecule has 19 heavy (non-hydrogen) atoms. The number of sulfonamides is 1. The molecular formula is C12H19BrN2O3S. The molecule has 0 radical (unpaired) electrons. The van der Waals surface area contributed by atoms with E-state index in [2.05, 4.69) is 26.0 Å². The molecular weight excluding hydrogens is 332 g/mol. The van der Waals surface area contributed by atoms with Crippen LogP contribution in [0.25, 0.3) is 0 Å². The lowest BCUT2D eigenvalue weighted by atomic mass is 10.2. The van der Waals surface area contributed by atoms with Crippen LogP contribution in [0.1, 0.15) is 12.5 Å². The van der Waals surface area contributed by atoms with Crippen LogP contribution in [0, 0.1) is 6.92 Å². The Balaban J connectivity index is 3.10. The topological polar surface area (TPSA) is 67.4 Å². The fraction of sp³-hybridized carbons (Fsp3) is 0.500. The summed E-state index contributed by atoms with van der Waals surface area (Å²) in [7, 11) is -0.356. The Morgan fingerprint density at radius 2 is 2.05 bits per heavy atom. The molecule has 0 spiro atoms. The van der Waals surface area contributed by atoms with Crippen molar-refractivity contribution in [1.29, 1.82) is 0 Å². The molecule has 0 heterocycles. The van der Waals surface area contributed by atoms with Gasteiger partial charge in [-0.15, -0.1) is 0 Å². The maximum atomic E-state index is 12.3. The maximum absolute atomic E-state index is 12.3. The van der Waals surface area contributed by atoms with Gasteiger partial charge in [0.25, 0.3) is 0 Å². The number of hydrogen-bond donors (Lipinski definition) is 2. The van der Waals surface area contributed by atoms with Crippen LogP contribution in [0.2, 0.25) is 0 Å². The van der Waals surface area contributed by atoms with E-state index in [9.17, 15) is 8.42 Å². The number of hydrogen-bond acceptors (Lipinski definition) is 4. The van der Waals surface area contributed by atoms with E-state index >= 15 is 0 Å². The summed E-state index contributed by atoms with van der Waals surface area (Å²) < 4.78 is 32.9. The van der Waals surface area contributed by atoms with Crippen molar-refractivity contribution in [2.24, 2.45) is 0 Å². The van der Waals surface area contributed by atoms with Crippen LogP contribution in [0.3, 0.4) is 0 Å². The zero-order valence-corrected chi connectivity index (χ0v) is 13.9. The van der Waals surface area contributed by atoms with Gasteiger partial charge in [0.2, 0.25) is 10.0 Å². The van der Waals surface area contributed by atoms with Crippen LogP contribution in [0.15, 0.2) is 21.5 Å². The van der Waals surface area contributed by atoms with Gasteiger partial charge < -0.3 is 10.1 Å². The summed E-state index contributed by atoms with van der Waals surface area (Å²) in [5.41, 5.74) is 0.916. The van der Waals surface area contributed by atoms with Gasteiger partial charge in [0.15, 0.2) is 0 Å². The Bertz CT molecular complexity index is 546. The molecule has 1 aromatic rings. The van der Waals surface area contributed by atoms with Crippen LogP contribution >= 0.6 is 15.9 Å². The number of halogens is 1. The molecule has 0 saturated heterocycles. The summed E-state index contributed by atoms with van der Waals surface area (Å²) in [6.07, 6.45) is 0. The Morgan fingerprint density at radius 3 is 2.58 bits per heavy atom. The molecule has 0 aliphatic heterocycles. The van der Waals surface area contributed by atoms with Gasteiger partial charge in [-0.3, -0.25) is 0 Å². The predicted octanol–water partition coefficient (Wildman–Crippen LogP) is 1.65. The van der Waals surface area contributed by atoms with E-state index in [0.29, 0.717) is 12.3 Å². The summed E-state index contributed by atoms with van der Waals surface area (Å²) in [5.74, 6) is 0.338. The number of nitrogens with one attached hydrogen (secondary N) is 2. The molecule has 1 unspecified atom stereocenters. The minimum atomic E-state index is -3.59. The summed E-state index contributed by atoms with van der Waals surface area (Å²) in [6, 6.07) is 3.30. The van der Waals surface area contributed by atoms with Crippen LogP contribution in [0.4, 0.5) is 0 Å². The molecule has 108 valence electrons. The highest BCUT2D eigenvalue weighted by Gasteiger charge is 2.21. The molecule has 1 aromatic carbocycles. The van der Waals surface area contributed by atoms with E-state index in [0.717, 1.165) is 10.0 Å². The van der Waals surface area contributed by atoms with Crippen LogP contribution in [-0.4, -0.2) is 35.2 Å². The van der Waals surface area contributed by atoms with E-state index in [1.54, 1.807) is 19.2 Å². The van der Waals surface area contributed by atoms with Crippen molar-refractivity contribution >= 4 is 26.0 Å². The lowest BCUT2D eigenvalue weighted by molar-refractivity contribution is 0.401. The molecule has 0 aliphatic rings. The first kappa shape index (κ1) is 16.4. The SMILES string of the molecule is CNC(C)CNS(=O)(=O)c1cc(Br)c(C)cc1OC. The lowest BCUT2D eigenvalue weighted by Gasteiger charge is -2.15. The quantitative estimate of drug-likeness (QED) is 0.818. The Morgan fingerprint density at radius 1 is 1.42 bits per heavy atom. The van der Waals surface area contributed by atoms with Crippen molar-refractivity contribution in [2.45, 2.75) is 24.8 Å². The highest BCUT2D eigenvalue weighted by molar-refractivity contribution is 9.10. The second-order valence-corrected chi connectivity index (χ2v) is 6.88. The average molecular weight is 351 g/mol. The lowest BCUT2D eigenvalue weighted by Crippen LogP contribution is -2.37. The third kappa shape index (κ3) is 4.17. The Hall–Kier alpha value is -0.630. The van der Waals surface area contributed by atoms with E-state index in [4.69, 9.17) is 4.74 Å². The Labute approximate surface area is 122 Å². The average Bonchev–Trinajstić information content (AvgIpc) is 2.38. The summed E-state index contributed by atoms with van der Waals surface area (Å²) in [4.78, 5) is 0.135. The molecule has 0 fully saturated rings. The Kier molecular flexibility index (Phi) is 5.79. The normalized spacial score (nSPS) is 13.3. The highest BCUT2D eigenvalue weighted by Crippen LogP contribution is 2.30. The molecule has 0 aromatic heterocycles. The first-order valence-corrected chi connectivity index (χ1v) is 8.10. The van der Waals surface area contributed by atoms with Gasteiger partial charge in [-0.1, -0.05) is 15.9 Å². The third-order valence-electron chi connectivity index (χ3n) is 2.81. The number of aryl methyl sites for hydroxylation is 1. The highest BCUT2D eigenvalue weighted by atomic mass is 79.9. The minimum Gasteiger partial charge on any atom is -0.495 e. The summed E-state index contributed by atoms with van der Waals surface area (Å²) in [5, 5.41) is 2.97. The van der Waals surface area contributed by atoms with Crippen molar-refractivity contribution < 1.29 is 13.2 Å². The van der Waals surface area contributed by atoms with Gasteiger partial charge in [0, 0.05) is 17.1 Å². The van der Waals surface area contributed by atoms with Gasteiger partial charge in [0.1, 0.15) is 10.6 Å². The second-order valence-electron chi connectivity index (χ2n) is 4.29. The van der Waals surface area contributed by atoms with Crippen LogP contribution in [-0.2, 0) is 10.0 Å². The molecule has 1 rings (SSSR count). The van der Waals surface area contributed by atoms with Crippen molar-refractivity contribution in [2.75, 3.05) is 20.7 Å². The van der Waals surface area contributed by atoms with Crippen LogP contribution in [0.5, 0.6) is 5.75 Å². The smallest absolute Gasteiger partial charge is 0.244 e. The van der Waals surface area contributed by atoms with Crippen molar-refractivity contribution in [3.63, 3.8) is 0 Å². The standard InChI is InChI=1S/C12H19BrN2O3S/c1-8-5-11(18-4)12(6-10(8)13)19(16,17)15-7-9(2)14-3/h5-6,9,14-15H,7H2,1-4H3. The van der Waals surface area contributed by atoms with Gasteiger partial charge in [-0.2, -0.15) is 0 Å². The summed E-state index contributed by atoms with van der Waals surface area (Å²) >= 11 is 3.34. The minimum absolute atomic E-state index is 0.0506. The van der Waals surface area contributed by atoms with E-state index < -0.39 is 10.0 Å². The predicted molar refractivity (Wildman–Crippen MR) is 79.1 cm³/mol. The fourth-order valence-electron chi connectivity index (χ4n) is 1.42. The van der Waals surface area contributed by atoms with Gasteiger partial charge >= 0.3 is 0 Å². The van der Waals surface area contributed by atoms with Gasteiger partial charge in [-0.05, 0) is 38.6 Å². The fourth-order valence-corrected chi connectivity index (χ4v) is 3.22. The van der Waals surface area contributed by atoms with Gasteiger partial charge in [-0.25, -0.2) is 13.1 Å². The number of ether oxygens (including phenoxy) is 1. The molecule has 2 N–H and O–H groups in total. The monoisotopic (exact) mass is 350 g/mol. The first-order chi connectivity index (χ1) is 8.81. The third-order valence-corrected chi connectivity index (χ3v) is 5.11. The van der Waals surface area contributed by atoms with E-state index in [1.807, 2.05) is 13.8 Å². The molecule has 0 saturated carbocycles. The number of rotatable bonds is 6. The molecule has 0 bridgehead atoms. The van der Waals surface area contributed by atoms with Gasteiger partial charge in [0.05, 0.1) is 7.11 Å². The van der Waals surface area contributed by atoms with Crippen LogP contribution < -0.4 is 14.8 Å². The molecule has 5 nitrogen and oxygen atoms in total. The molecule has 7 heteroatoms. The van der Waals surface area contributed by atoms with Crippen molar-refractivity contribution in [3.05, 3.63) is 22.2 Å². The number of likely N-dealkylation sites (N-methyl/N-ethyl adjacent to an activating group) is 1. The molecule has 1 atom stereocenters. The van der Waals surface area contributed by atoms with E-state index in [-0.39, 0.29) is 10.9 Å². The largest absolute Gasteiger partial charge is 0.495 e. The zero-order chi connectivity index (χ0) is 14.6. The summed E-state index contributed by atoms with van der Waals surface area (Å²) in [6.45, 7) is 4.08. The van der Waals surface area contributed by atoms with E-state index in [1.165, 1.54) is 7.11 Å². The van der Waals surface area contributed by atoms with Crippen molar-refractivity contribution in [1.82, 2.24) is 10.0 Å². The molecule has 0 aliphatic carbocycles. The zero-order valence-electron chi connectivity index (χ0n) is 11.5. The number of methoxy groups -OCH3 is 1. The first-order valence-electron chi connectivity index (χ1n) is 5.83. The molecule has 0 amide bonds. The maximum Gasteiger partial charge on any atom is 0.244 e.